The molecule has 7 nitrogen and oxygen atoms in total. The van der Waals surface area contributed by atoms with Gasteiger partial charge in [0, 0.05) is 37.6 Å². The monoisotopic (exact) mass is 401 g/mol. The molecule has 0 atom stereocenters. The molecule has 1 saturated heterocycles. The maximum Gasteiger partial charge on any atom is 0.417 e. The van der Waals surface area contributed by atoms with Crippen LogP contribution >= 0.6 is 11.8 Å². The maximum atomic E-state index is 12.2. The molecule has 28 heavy (non-hydrogen) atoms. The SMILES string of the molecule is COc1ccc(NC(=O)Oc2ccc(CSC(=O)N3CCNCC3)cc2)cc1. The van der Waals surface area contributed by atoms with Crippen LogP contribution in [0.25, 0.3) is 0 Å². The maximum absolute atomic E-state index is 12.2. The van der Waals surface area contributed by atoms with Crippen LogP contribution in [0.1, 0.15) is 5.56 Å². The Balaban J connectivity index is 1.45. The first kappa shape index (κ1) is 20.0. The van der Waals surface area contributed by atoms with Gasteiger partial charge in [-0.05, 0) is 42.0 Å². The van der Waals surface area contributed by atoms with Crippen molar-refractivity contribution < 1.29 is 19.1 Å². The lowest BCUT2D eigenvalue weighted by Crippen LogP contribution is -2.45. The van der Waals surface area contributed by atoms with Gasteiger partial charge in [0.05, 0.1) is 7.11 Å². The number of amides is 2. The van der Waals surface area contributed by atoms with Gasteiger partial charge in [-0.2, -0.15) is 0 Å². The number of carbonyl (C=O) groups is 2. The summed E-state index contributed by atoms with van der Waals surface area (Å²) in [4.78, 5) is 26.0. The zero-order chi connectivity index (χ0) is 19.8. The second-order valence-electron chi connectivity index (χ2n) is 6.18. The molecule has 0 aromatic heterocycles. The van der Waals surface area contributed by atoms with Crippen LogP contribution in [0.4, 0.5) is 15.3 Å². The van der Waals surface area contributed by atoms with E-state index < -0.39 is 6.09 Å². The van der Waals surface area contributed by atoms with Gasteiger partial charge < -0.3 is 19.7 Å². The van der Waals surface area contributed by atoms with Gasteiger partial charge in [0.15, 0.2) is 0 Å². The van der Waals surface area contributed by atoms with Crippen LogP contribution in [0.2, 0.25) is 0 Å². The van der Waals surface area contributed by atoms with E-state index in [1.807, 2.05) is 17.0 Å². The fourth-order valence-corrected chi connectivity index (χ4v) is 3.51. The molecule has 2 amide bonds. The Kier molecular flexibility index (Phi) is 7.16. The summed E-state index contributed by atoms with van der Waals surface area (Å²) in [7, 11) is 1.58. The molecule has 1 fully saturated rings. The topological polar surface area (TPSA) is 79.9 Å². The van der Waals surface area contributed by atoms with Gasteiger partial charge in [-0.3, -0.25) is 10.1 Å². The number of rotatable bonds is 5. The van der Waals surface area contributed by atoms with Gasteiger partial charge in [0.25, 0.3) is 5.24 Å². The summed E-state index contributed by atoms with van der Waals surface area (Å²) in [5.74, 6) is 1.73. The first-order valence-electron chi connectivity index (χ1n) is 8.98. The van der Waals surface area contributed by atoms with Crippen LogP contribution in [0.5, 0.6) is 11.5 Å². The molecule has 8 heteroatoms. The Morgan fingerprint density at radius 3 is 2.32 bits per heavy atom. The predicted octanol–water partition coefficient (Wildman–Crippen LogP) is 3.56. The normalized spacial score (nSPS) is 13.7. The fourth-order valence-electron chi connectivity index (χ4n) is 2.66. The molecular weight excluding hydrogens is 378 g/mol. The number of anilines is 1. The molecule has 2 aromatic carbocycles. The van der Waals surface area contributed by atoms with Crippen molar-refractivity contribution in [1.29, 1.82) is 0 Å². The number of ether oxygens (including phenoxy) is 2. The van der Waals surface area contributed by atoms with E-state index in [2.05, 4.69) is 10.6 Å². The second kappa shape index (κ2) is 10.0. The molecule has 0 unspecified atom stereocenters. The van der Waals surface area contributed by atoms with E-state index >= 15 is 0 Å². The van der Waals surface area contributed by atoms with Crippen LogP contribution < -0.4 is 20.1 Å². The van der Waals surface area contributed by atoms with E-state index in [0.717, 1.165) is 31.7 Å². The Morgan fingerprint density at radius 1 is 1.04 bits per heavy atom. The second-order valence-corrected chi connectivity index (χ2v) is 7.11. The van der Waals surface area contributed by atoms with Crippen LogP contribution in [0.15, 0.2) is 48.5 Å². The first-order chi connectivity index (χ1) is 13.6. The largest absolute Gasteiger partial charge is 0.497 e. The number of methoxy groups -OCH3 is 1. The van der Waals surface area contributed by atoms with E-state index in [1.54, 1.807) is 43.5 Å². The highest BCUT2D eigenvalue weighted by atomic mass is 32.2. The quantitative estimate of drug-likeness (QED) is 0.797. The van der Waals surface area contributed by atoms with Crippen LogP contribution in [0, 0.1) is 0 Å². The lowest BCUT2D eigenvalue weighted by molar-refractivity contribution is 0.214. The van der Waals surface area contributed by atoms with Crippen molar-refractivity contribution in [2.75, 3.05) is 38.6 Å². The molecule has 2 N–H and O–H groups in total. The summed E-state index contributed by atoms with van der Waals surface area (Å²) in [6.45, 7) is 3.19. The number of nitrogens with zero attached hydrogens (tertiary/aromatic N) is 1. The highest BCUT2D eigenvalue weighted by molar-refractivity contribution is 8.12. The molecule has 0 spiro atoms. The van der Waals surface area contributed by atoms with Crippen molar-refractivity contribution in [2.24, 2.45) is 0 Å². The summed E-state index contributed by atoms with van der Waals surface area (Å²) in [5, 5.41) is 5.98. The Hall–Kier alpha value is -2.71. The minimum absolute atomic E-state index is 0.0979. The van der Waals surface area contributed by atoms with E-state index in [4.69, 9.17) is 9.47 Å². The predicted molar refractivity (Wildman–Crippen MR) is 110 cm³/mol. The molecule has 2 aromatic rings. The Bertz CT molecular complexity index is 790. The lowest BCUT2D eigenvalue weighted by Gasteiger charge is -2.26. The summed E-state index contributed by atoms with van der Waals surface area (Å²) < 4.78 is 10.4. The van der Waals surface area contributed by atoms with E-state index in [1.165, 1.54) is 11.8 Å². The summed E-state index contributed by atoms with van der Waals surface area (Å²) in [5.41, 5.74) is 1.61. The van der Waals surface area contributed by atoms with E-state index in [9.17, 15) is 9.59 Å². The average molecular weight is 401 g/mol. The molecule has 0 bridgehead atoms. The number of piperazine rings is 1. The Morgan fingerprint density at radius 2 is 1.68 bits per heavy atom. The van der Waals surface area contributed by atoms with Crippen LogP contribution in [0.3, 0.4) is 0 Å². The van der Waals surface area contributed by atoms with E-state index in [-0.39, 0.29) is 5.24 Å². The molecule has 1 heterocycles. The zero-order valence-electron chi connectivity index (χ0n) is 15.6. The van der Waals surface area contributed by atoms with Crippen molar-refractivity contribution in [2.45, 2.75) is 5.75 Å². The van der Waals surface area contributed by atoms with Gasteiger partial charge in [0.2, 0.25) is 0 Å². The van der Waals surface area contributed by atoms with Gasteiger partial charge in [0.1, 0.15) is 11.5 Å². The van der Waals surface area contributed by atoms with Crippen molar-refractivity contribution in [3.05, 3.63) is 54.1 Å². The van der Waals surface area contributed by atoms with Crippen LogP contribution in [-0.2, 0) is 5.75 Å². The van der Waals surface area contributed by atoms with Gasteiger partial charge >= 0.3 is 6.09 Å². The molecule has 1 aliphatic heterocycles. The van der Waals surface area contributed by atoms with Gasteiger partial charge in [-0.1, -0.05) is 23.9 Å². The van der Waals surface area contributed by atoms with E-state index in [0.29, 0.717) is 22.9 Å². The van der Waals surface area contributed by atoms with Crippen molar-refractivity contribution in [3.8, 4) is 11.5 Å². The minimum Gasteiger partial charge on any atom is -0.497 e. The Labute approximate surface area is 168 Å². The number of nitrogens with one attached hydrogen (secondary N) is 2. The molecule has 0 saturated carbocycles. The zero-order valence-corrected chi connectivity index (χ0v) is 16.5. The molecule has 0 aliphatic carbocycles. The van der Waals surface area contributed by atoms with Crippen molar-refractivity contribution >= 4 is 28.8 Å². The smallest absolute Gasteiger partial charge is 0.417 e. The highest BCUT2D eigenvalue weighted by Crippen LogP contribution is 2.20. The van der Waals surface area contributed by atoms with Gasteiger partial charge in [-0.15, -0.1) is 0 Å². The third kappa shape index (κ3) is 5.90. The third-order valence-corrected chi connectivity index (χ3v) is 5.19. The van der Waals surface area contributed by atoms with Gasteiger partial charge in [-0.25, -0.2) is 4.79 Å². The number of hydrogen-bond donors (Lipinski definition) is 2. The van der Waals surface area contributed by atoms with Crippen molar-refractivity contribution in [3.63, 3.8) is 0 Å². The first-order valence-corrected chi connectivity index (χ1v) is 9.97. The number of hydrogen-bond acceptors (Lipinski definition) is 6. The lowest BCUT2D eigenvalue weighted by atomic mass is 10.2. The molecule has 1 aliphatic rings. The number of carbonyl (C=O) groups excluding carboxylic acids is 2. The average Bonchev–Trinajstić information content (AvgIpc) is 2.74. The molecular formula is C20H23N3O4S. The number of benzene rings is 2. The summed E-state index contributed by atoms with van der Waals surface area (Å²) in [6.07, 6.45) is -0.568. The molecule has 148 valence electrons. The summed E-state index contributed by atoms with van der Waals surface area (Å²) in [6, 6.07) is 14.1. The van der Waals surface area contributed by atoms with Crippen LogP contribution in [-0.4, -0.2) is 49.5 Å². The molecule has 3 rings (SSSR count). The molecule has 0 radical (unpaired) electrons. The fraction of sp³-hybridized carbons (Fsp3) is 0.300. The summed E-state index contributed by atoms with van der Waals surface area (Å²) >= 11 is 1.29. The highest BCUT2D eigenvalue weighted by Gasteiger charge is 2.16. The standard InChI is InChI=1S/C20H23N3O4S/c1-26-17-8-4-16(5-9-17)22-19(24)27-18-6-2-15(3-7-18)14-28-20(25)23-12-10-21-11-13-23/h2-9,21H,10-14H2,1H3,(H,22,24). The van der Waals surface area contributed by atoms with Crippen molar-refractivity contribution in [1.82, 2.24) is 10.2 Å². The number of thioether (sulfide) groups is 1. The third-order valence-electron chi connectivity index (χ3n) is 4.21. The minimum atomic E-state index is -0.568.